The van der Waals surface area contributed by atoms with Crippen molar-refractivity contribution in [2.75, 3.05) is 26.2 Å². The molecule has 2 heterocycles. The first-order valence-corrected chi connectivity index (χ1v) is 10.4. The second-order valence-electron chi connectivity index (χ2n) is 7.68. The van der Waals surface area contributed by atoms with Crippen LogP contribution < -0.4 is 5.32 Å². The van der Waals surface area contributed by atoms with Gasteiger partial charge in [-0.25, -0.2) is 0 Å². The Morgan fingerprint density at radius 3 is 2.46 bits per heavy atom. The van der Waals surface area contributed by atoms with Crippen molar-refractivity contribution in [3.8, 4) is 0 Å². The summed E-state index contributed by atoms with van der Waals surface area (Å²) in [4.78, 5) is 3.54. The quantitative estimate of drug-likeness (QED) is 0.786. The minimum atomic E-state index is 0.00987. The molecule has 26 heavy (non-hydrogen) atoms. The van der Waals surface area contributed by atoms with E-state index in [1.54, 1.807) is 0 Å². The van der Waals surface area contributed by atoms with Gasteiger partial charge in [0.15, 0.2) is 0 Å². The number of rotatable bonds is 5. The van der Waals surface area contributed by atoms with Crippen molar-refractivity contribution in [3.63, 3.8) is 0 Å². The van der Waals surface area contributed by atoms with E-state index in [9.17, 15) is 0 Å². The highest BCUT2D eigenvalue weighted by Gasteiger charge is 2.39. The van der Waals surface area contributed by atoms with Crippen LogP contribution in [0, 0.1) is 0 Å². The molecule has 0 saturated carbocycles. The monoisotopic (exact) mass is 364 g/mol. The summed E-state index contributed by atoms with van der Waals surface area (Å²) in [5.41, 5.74) is 4.01. The van der Waals surface area contributed by atoms with Crippen LogP contribution in [0.1, 0.15) is 48.8 Å². The number of fused-ring (bicyclic) bond motifs is 1. The second-order valence-corrected chi connectivity index (χ2v) is 8.09. The highest BCUT2D eigenvalue weighted by Crippen LogP contribution is 2.40. The van der Waals surface area contributed by atoms with Gasteiger partial charge in [-0.2, -0.15) is 0 Å². The van der Waals surface area contributed by atoms with E-state index in [1.807, 2.05) is 0 Å². The topological polar surface area (TPSA) is 15.3 Å². The Labute approximate surface area is 162 Å². The predicted molar refractivity (Wildman–Crippen MR) is 113 cm³/mol. The lowest BCUT2D eigenvalue weighted by molar-refractivity contribution is 0.219. The Kier molecular flexibility index (Phi) is 5.37. The minimum absolute atomic E-state index is 0.00987. The number of nitrogens with one attached hydrogen (secondary N) is 1. The van der Waals surface area contributed by atoms with Gasteiger partial charge in [0.05, 0.1) is 0 Å². The van der Waals surface area contributed by atoms with Crippen molar-refractivity contribution in [1.82, 2.24) is 10.2 Å². The van der Waals surface area contributed by atoms with Gasteiger partial charge in [-0.05, 0) is 56.4 Å². The van der Waals surface area contributed by atoms with E-state index in [2.05, 4.69) is 64.8 Å². The largest absolute Gasteiger partial charge is 0.375 e. The first-order chi connectivity index (χ1) is 12.8. The Morgan fingerprint density at radius 2 is 1.65 bits per heavy atom. The van der Waals surface area contributed by atoms with Crippen LogP contribution in [0.15, 0.2) is 54.6 Å². The van der Waals surface area contributed by atoms with Gasteiger partial charge in [-0.3, -0.25) is 0 Å². The number of thiocarbonyl (C=S) groups is 1. The van der Waals surface area contributed by atoms with E-state index in [0.29, 0.717) is 0 Å². The number of piperidine rings is 1. The molecule has 3 heteroatoms. The van der Waals surface area contributed by atoms with Crippen LogP contribution >= 0.6 is 12.2 Å². The Morgan fingerprint density at radius 1 is 0.923 bits per heavy atom. The molecular weight excluding hydrogens is 336 g/mol. The molecule has 1 saturated heterocycles. The van der Waals surface area contributed by atoms with Crippen LogP contribution in [0.2, 0.25) is 0 Å². The average molecular weight is 365 g/mol. The summed E-state index contributed by atoms with van der Waals surface area (Å²) in [5, 5.41) is 3.53. The lowest BCUT2D eigenvalue weighted by Crippen LogP contribution is -2.47. The van der Waals surface area contributed by atoms with Gasteiger partial charge < -0.3 is 10.2 Å². The SMILES string of the molecule is S=C1NCC(CCCN2CCCCC2)(c2ccccc2)c2ccccc21. The van der Waals surface area contributed by atoms with Gasteiger partial charge >= 0.3 is 0 Å². The summed E-state index contributed by atoms with van der Waals surface area (Å²) < 4.78 is 0. The van der Waals surface area contributed by atoms with Crippen LogP contribution in [-0.2, 0) is 5.41 Å². The zero-order valence-corrected chi connectivity index (χ0v) is 16.2. The fraction of sp³-hybridized carbons (Fsp3) is 0.435. The molecule has 2 nitrogen and oxygen atoms in total. The normalized spacial score (nSPS) is 23.3. The second kappa shape index (κ2) is 7.89. The number of benzene rings is 2. The molecule has 2 aliphatic heterocycles. The highest BCUT2D eigenvalue weighted by molar-refractivity contribution is 7.80. The van der Waals surface area contributed by atoms with Crippen LogP contribution in [0.5, 0.6) is 0 Å². The van der Waals surface area contributed by atoms with E-state index in [1.165, 1.54) is 62.0 Å². The van der Waals surface area contributed by atoms with Gasteiger partial charge in [-0.1, -0.05) is 73.2 Å². The lowest BCUT2D eigenvalue weighted by atomic mass is 9.68. The fourth-order valence-corrected chi connectivity index (χ4v) is 4.94. The first kappa shape index (κ1) is 17.7. The van der Waals surface area contributed by atoms with Crippen molar-refractivity contribution < 1.29 is 0 Å². The number of hydrogen-bond donors (Lipinski definition) is 1. The molecular formula is C23H28N2S. The van der Waals surface area contributed by atoms with Crippen molar-refractivity contribution in [2.24, 2.45) is 0 Å². The summed E-state index contributed by atoms with van der Waals surface area (Å²) in [7, 11) is 0. The number of hydrogen-bond acceptors (Lipinski definition) is 2. The van der Waals surface area contributed by atoms with Crippen molar-refractivity contribution in [1.29, 1.82) is 0 Å². The third-order valence-corrected chi connectivity index (χ3v) is 6.46. The third kappa shape index (κ3) is 3.43. The molecule has 0 radical (unpaired) electrons. The Balaban J connectivity index is 1.63. The van der Waals surface area contributed by atoms with Crippen LogP contribution in [0.4, 0.5) is 0 Å². The van der Waals surface area contributed by atoms with E-state index in [0.717, 1.165) is 18.0 Å². The van der Waals surface area contributed by atoms with E-state index >= 15 is 0 Å². The smallest absolute Gasteiger partial charge is 0.106 e. The predicted octanol–water partition coefficient (Wildman–Crippen LogP) is 4.52. The maximum atomic E-state index is 5.61. The molecule has 1 atom stereocenters. The average Bonchev–Trinajstić information content (AvgIpc) is 2.72. The molecule has 4 rings (SSSR count). The van der Waals surface area contributed by atoms with E-state index < -0.39 is 0 Å². The number of nitrogens with zero attached hydrogens (tertiary/aromatic N) is 1. The zero-order valence-electron chi connectivity index (χ0n) is 15.4. The molecule has 136 valence electrons. The first-order valence-electron chi connectivity index (χ1n) is 9.95. The van der Waals surface area contributed by atoms with Crippen molar-refractivity contribution in [3.05, 3.63) is 71.3 Å². The fourth-order valence-electron chi connectivity index (χ4n) is 4.69. The van der Waals surface area contributed by atoms with Crippen molar-refractivity contribution in [2.45, 2.75) is 37.5 Å². The highest BCUT2D eigenvalue weighted by atomic mass is 32.1. The summed E-state index contributed by atoms with van der Waals surface area (Å²) in [6.07, 6.45) is 6.50. The molecule has 1 unspecified atom stereocenters. The van der Waals surface area contributed by atoms with Gasteiger partial charge in [0, 0.05) is 17.5 Å². The van der Waals surface area contributed by atoms with Crippen molar-refractivity contribution >= 4 is 17.2 Å². The Hall–Kier alpha value is -1.71. The van der Waals surface area contributed by atoms with Gasteiger partial charge in [0.25, 0.3) is 0 Å². The minimum Gasteiger partial charge on any atom is -0.375 e. The molecule has 1 N–H and O–H groups in total. The zero-order chi connectivity index (χ0) is 17.8. The molecule has 2 aliphatic rings. The maximum absolute atomic E-state index is 5.61. The molecule has 0 spiro atoms. The molecule has 2 aromatic rings. The summed E-state index contributed by atoms with van der Waals surface area (Å²) in [6, 6.07) is 19.7. The van der Waals surface area contributed by atoms with Crippen LogP contribution in [-0.4, -0.2) is 36.1 Å². The van der Waals surface area contributed by atoms with Crippen LogP contribution in [0.25, 0.3) is 0 Å². The molecule has 0 aliphatic carbocycles. The lowest BCUT2D eigenvalue weighted by Gasteiger charge is -2.41. The Bertz CT molecular complexity index is 752. The third-order valence-electron chi connectivity index (χ3n) is 6.09. The molecule has 0 bridgehead atoms. The summed E-state index contributed by atoms with van der Waals surface area (Å²) in [6.45, 7) is 4.66. The standard InChI is InChI=1S/C23H28N2S/c26-22-20-12-5-6-13-21(20)23(18-24-22,19-10-3-1-4-11-19)14-9-17-25-15-7-2-8-16-25/h1,3-6,10-13H,2,7-9,14-18H2,(H,24,26). The van der Waals surface area contributed by atoms with Gasteiger partial charge in [0.1, 0.15) is 4.99 Å². The van der Waals surface area contributed by atoms with Gasteiger partial charge in [-0.15, -0.1) is 0 Å². The maximum Gasteiger partial charge on any atom is 0.106 e. The molecule has 1 fully saturated rings. The number of likely N-dealkylation sites (tertiary alicyclic amines) is 1. The molecule has 0 aromatic heterocycles. The van der Waals surface area contributed by atoms with Gasteiger partial charge in [0.2, 0.25) is 0 Å². The summed E-state index contributed by atoms with van der Waals surface area (Å²) in [5.74, 6) is 0. The molecule has 0 amide bonds. The summed E-state index contributed by atoms with van der Waals surface area (Å²) >= 11 is 5.61. The van der Waals surface area contributed by atoms with E-state index in [-0.39, 0.29) is 5.41 Å². The van der Waals surface area contributed by atoms with E-state index in [4.69, 9.17) is 12.2 Å². The van der Waals surface area contributed by atoms with Crippen LogP contribution in [0.3, 0.4) is 0 Å². The molecule has 2 aromatic carbocycles.